The van der Waals surface area contributed by atoms with Gasteiger partial charge in [0.15, 0.2) is 11.3 Å². The van der Waals surface area contributed by atoms with Crippen molar-refractivity contribution in [3.63, 3.8) is 0 Å². The van der Waals surface area contributed by atoms with E-state index in [1.54, 1.807) is 36.7 Å². The molecule has 0 saturated carbocycles. The molecule has 0 spiro atoms. The van der Waals surface area contributed by atoms with Crippen LogP contribution in [0.3, 0.4) is 0 Å². The van der Waals surface area contributed by atoms with Crippen LogP contribution in [0.5, 0.6) is 0 Å². The van der Waals surface area contributed by atoms with Gasteiger partial charge in [-0.05, 0) is 38.8 Å². The van der Waals surface area contributed by atoms with Gasteiger partial charge in [0.2, 0.25) is 11.8 Å². The normalized spacial score (nSPS) is 14.7. The maximum absolute atomic E-state index is 12.2. The number of anilines is 2. The Balaban J connectivity index is 0.000000195. The summed E-state index contributed by atoms with van der Waals surface area (Å²) < 4.78 is 0. The number of aromatic nitrogens is 6. The molecule has 2 aliphatic rings. The van der Waals surface area contributed by atoms with E-state index in [9.17, 15) is 19.2 Å². The molecular weight excluding hydrogens is 640 g/mol. The first-order valence-electron chi connectivity index (χ1n) is 16.6. The maximum atomic E-state index is 12.2. The number of fused-ring (bicyclic) bond motifs is 2. The minimum absolute atomic E-state index is 0.0220. The Kier molecular flexibility index (Phi) is 11.1. The van der Waals surface area contributed by atoms with E-state index in [1.165, 1.54) is 12.2 Å². The standard InChI is InChI=1S/C18H24N6O2.C16H20N6O2/c1-4-15(25)24-8-6-12(7-9-24)23(3)14-11-21-17-16(22-14)13(10-20-17)18(26)19-5-2;1-4-13(23)21(3)10-8-22(9-10)12-7-19-15-14(20-12)11(6-18-15)16(24)17-5-2/h4,10-12H,1,5-9H2,2-3H3,(H,19,26)(H,20,21);4,6-7,10H,1,5,8-9H2,2-3H3,(H,17,24)(H,18,19). The average molecular weight is 685 g/mol. The Morgan fingerprint density at radius 2 is 1.42 bits per heavy atom. The van der Waals surface area contributed by atoms with E-state index in [-0.39, 0.29) is 35.7 Å². The highest BCUT2D eigenvalue weighted by Crippen LogP contribution is 2.25. The average Bonchev–Trinajstić information content (AvgIpc) is 3.74. The number of H-pyrrole nitrogens is 2. The van der Waals surface area contributed by atoms with E-state index in [0.717, 1.165) is 18.7 Å². The van der Waals surface area contributed by atoms with E-state index in [1.807, 2.05) is 30.7 Å². The molecule has 50 heavy (non-hydrogen) atoms. The van der Waals surface area contributed by atoms with Crippen LogP contribution in [0, 0.1) is 0 Å². The summed E-state index contributed by atoms with van der Waals surface area (Å²) in [4.78, 5) is 79.1. The third-order valence-corrected chi connectivity index (χ3v) is 9.02. The third kappa shape index (κ3) is 7.43. The first-order valence-corrected chi connectivity index (χ1v) is 16.6. The molecule has 0 aromatic carbocycles. The number of rotatable bonds is 10. The summed E-state index contributed by atoms with van der Waals surface area (Å²) in [5, 5.41) is 5.55. The highest BCUT2D eigenvalue weighted by Gasteiger charge is 2.33. The number of likely N-dealkylation sites (tertiary alicyclic amines) is 1. The van der Waals surface area contributed by atoms with E-state index >= 15 is 0 Å². The summed E-state index contributed by atoms with van der Waals surface area (Å²) in [5.74, 6) is 0.966. The number of hydrogen-bond acceptors (Lipinski definition) is 10. The van der Waals surface area contributed by atoms with Gasteiger partial charge < -0.3 is 40.2 Å². The molecule has 4 amide bonds. The highest BCUT2D eigenvalue weighted by molar-refractivity contribution is 6.05. The van der Waals surface area contributed by atoms with Crippen molar-refractivity contribution in [2.45, 2.75) is 38.8 Å². The molecule has 2 fully saturated rings. The van der Waals surface area contributed by atoms with Gasteiger partial charge in [0.1, 0.15) is 22.7 Å². The number of amides is 4. The Morgan fingerprint density at radius 3 is 1.96 bits per heavy atom. The lowest BCUT2D eigenvalue weighted by atomic mass is 10.0. The molecule has 0 aliphatic carbocycles. The summed E-state index contributed by atoms with van der Waals surface area (Å²) in [5.41, 5.74) is 3.27. The van der Waals surface area contributed by atoms with Crippen LogP contribution in [0.4, 0.5) is 11.6 Å². The number of carbonyl (C=O) groups is 4. The second kappa shape index (κ2) is 15.6. The van der Waals surface area contributed by atoms with Crippen LogP contribution in [-0.2, 0) is 9.59 Å². The van der Waals surface area contributed by atoms with Crippen LogP contribution in [0.1, 0.15) is 47.4 Å². The summed E-state index contributed by atoms with van der Waals surface area (Å²) in [6, 6.07) is 0.393. The minimum Gasteiger partial charge on any atom is -0.355 e. The summed E-state index contributed by atoms with van der Waals surface area (Å²) in [6.07, 6.45) is 11.0. The molecule has 2 saturated heterocycles. The van der Waals surface area contributed by atoms with Gasteiger partial charge >= 0.3 is 0 Å². The fraction of sp³-hybridized carbons (Fsp3) is 0.412. The topological polar surface area (TPSA) is 188 Å². The smallest absolute Gasteiger partial charge is 0.255 e. The predicted molar refractivity (Wildman–Crippen MR) is 191 cm³/mol. The van der Waals surface area contributed by atoms with E-state index in [2.05, 4.69) is 58.6 Å². The molecular formula is C34H44N12O4. The summed E-state index contributed by atoms with van der Waals surface area (Å²) in [7, 11) is 3.74. The van der Waals surface area contributed by atoms with Crippen molar-refractivity contribution in [3.05, 3.63) is 61.2 Å². The van der Waals surface area contributed by atoms with Gasteiger partial charge in [-0.2, -0.15) is 0 Å². The monoisotopic (exact) mass is 684 g/mol. The number of carbonyl (C=O) groups excluding carboxylic acids is 4. The van der Waals surface area contributed by atoms with Crippen LogP contribution in [0.15, 0.2) is 50.1 Å². The lowest BCUT2D eigenvalue weighted by Crippen LogP contribution is -2.59. The van der Waals surface area contributed by atoms with Crippen molar-refractivity contribution < 1.29 is 19.2 Å². The zero-order chi connectivity index (χ0) is 35.9. The molecule has 4 N–H and O–H groups in total. The lowest BCUT2D eigenvalue weighted by molar-refractivity contribution is -0.127. The maximum Gasteiger partial charge on any atom is 0.255 e. The Hall–Kier alpha value is -5.80. The molecule has 0 unspecified atom stereocenters. The zero-order valence-corrected chi connectivity index (χ0v) is 28.9. The largest absolute Gasteiger partial charge is 0.355 e. The molecule has 16 nitrogen and oxygen atoms in total. The molecule has 0 radical (unpaired) electrons. The molecule has 6 heterocycles. The van der Waals surface area contributed by atoms with Crippen LogP contribution in [0.25, 0.3) is 22.3 Å². The van der Waals surface area contributed by atoms with Gasteiger partial charge in [0.25, 0.3) is 11.8 Å². The number of nitrogens with one attached hydrogen (secondary N) is 4. The van der Waals surface area contributed by atoms with Gasteiger partial charge in [-0.25, -0.2) is 19.9 Å². The first kappa shape index (κ1) is 35.5. The highest BCUT2D eigenvalue weighted by atomic mass is 16.2. The number of likely N-dealkylation sites (N-methyl/N-ethyl adjacent to an activating group) is 1. The van der Waals surface area contributed by atoms with Crippen molar-refractivity contribution in [2.24, 2.45) is 0 Å². The molecule has 4 aromatic rings. The van der Waals surface area contributed by atoms with Gasteiger partial charge in [-0.3, -0.25) is 19.2 Å². The number of hydrogen-bond donors (Lipinski definition) is 4. The Morgan fingerprint density at radius 1 is 0.860 bits per heavy atom. The fourth-order valence-corrected chi connectivity index (χ4v) is 5.95. The van der Waals surface area contributed by atoms with Crippen molar-refractivity contribution >= 4 is 57.6 Å². The quantitative estimate of drug-likeness (QED) is 0.180. The van der Waals surface area contributed by atoms with E-state index in [0.29, 0.717) is 78.5 Å². The van der Waals surface area contributed by atoms with E-state index in [4.69, 9.17) is 0 Å². The Labute approximate surface area is 290 Å². The molecule has 16 heteroatoms. The molecule has 264 valence electrons. The van der Waals surface area contributed by atoms with Crippen LogP contribution in [0.2, 0.25) is 0 Å². The van der Waals surface area contributed by atoms with E-state index < -0.39 is 0 Å². The van der Waals surface area contributed by atoms with Crippen LogP contribution < -0.4 is 20.4 Å². The second-order valence-electron chi connectivity index (χ2n) is 12.1. The Bertz CT molecular complexity index is 1890. The summed E-state index contributed by atoms with van der Waals surface area (Å²) in [6.45, 7) is 14.6. The van der Waals surface area contributed by atoms with Crippen molar-refractivity contribution in [1.29, 1.82) is 0 Å². The number of piperidine rings is 1. The van der Waals surface area contributed by atoms with Gasteiger partial charge in [-0.1, -0.05) is 13.2 Å². The van der Waals surface area contributed by atoms with Crippen molar-refractivity contribution in [3.8, 4) is 0 Å². The fourth-order valence-electron chi connectivity index (χ4n) is 5.95. The minimum atomic E-state index is -0.173. The van der Waals surface area contributed by atoms with Gasteiger partial charge in [0, 0.05) is 71.8 Å². The van der Waals surface area contributed by atoms with Gasteiger partial charge in [0.05, 0.1) is 29.6 Å². The SMILES string of the molecule is C=CC(=O)N(C)C1CN(c2cnc3[nH]cc(C(=O)NCC)c3n2)C1.C=CC(=O)N1CCC(N(C)c2cnc3[nH]cc(C(=O)NCC)c3n2)CC1. The van der Waals surface area contributed by atoms with Crippen molar-refractivity contribution in [1.82, 2.24) is 50.3 Å². The summed E-state index contributed by atoms with van der Waals surface area (Å²) >= 11 is 0. The molecule has 6 rings (SSSR count). The number of aromatic amines is 2. The van der Waals surface area contributed by atoms with Crippen LogP contribution in [-0.4, -0.2) is 129 Å². The molecule has 2 aliphatic heterocycles. The lowest BCUT2D eigenvalue weighted by Gasteiger charge is -2.44. The molecule has 0 atom stereocenters. The number of nitrogens with zero attached hydrogens (tertiary/aromatic N) is 8. The van der Waals surface area contributed by atoms with Crippen LogP contribution >= 0.6 is 0 Å². The first-order chi connectivity index (χ1) is 24.1. The molecule has 0 bridgehead atoms. The van der Waals surface area contributed by atoms with Crippen molar-refractivity contribution in [2.75, 3.05) is 63.2 Å². The predicted octanol–water partition coefficient (Wildman–Crippen LogP) is 1.86. The molecule has 4 aromatic heterocycles. The van der Waals surface area contributed by atoms with Gasteiger partial charge in [-0.15, -0.1) is 0 Å². The zero-order valence-electron chi connectivity index (χ0n) is 28.9. The second-order valence-corrected chi connectivity index (χ2v) is 12.1. The third-order valence-electron chi connectivity index (χ3n) is 9.02.